The average molecular weight is 1190 g/mol. The first-order valence-corrected chi connectivity index (χ1v) is 18.1. The Labute approximate surface area is 317 Å². The number of hydrogen-bond donors (Lipinski definition) is 0. The molecule has 0 radical (unpaired) electrons. The summed E-state index contributed by atoms with van der Waals surface area (Å²) in [6.45, 7) is 66.2. The number of rotatable bonds is 0. The fourth-order valence-electron chi connectivity index (χ4n) is 3.90. The fraction of sp³-hybridized carbons (Fsp3) is 0.941. The van der Waals surface area contributed by atoms with Crippen LogP contribution < -0.4 is 0 Å². The first kappa shape index (κ1) is 63.1. The fourth-order valence-corrected chi connectivity index (χ4v) is 11.7. The van der Waals surface area contributed by atoms with Gasteiger partial charge in [0.25, 0.3) is 0 Å². The van der Waals surface area contributed by atoms with Gasteiger partial charge in [0, 0.05) is 83.7 Å². The van der Waals surface area contributed by atoms with Crippen molar-refractivity contribution in [3.63, 3.8) is 0 Å². The van der Waals surface area contributed by atoms with Gasteiger partial charge in [-0.3, -0.25) is 0 Å². The molecule has 0 saturated carbocycles. The van der Waals surface area contributed by atoms with Gasteiger partial charge in [0.2, 0.25) is 11.1 Å². The maximum Gasteiger partial charge on any atom is 0 e. The van der Waals surface area contributed by atoms with Crippen molar-refractivity contribution in [2.45, 2.75) is 208 Å². The summed E-state index contributed by atoms with van der Waals surface area (Å²) in [6.07, 6.45) is 0. The Hall–Kier alpha value is 2.33. The van der Waals surface area contributed by atoms with Crippen LogP contribution in [0, 0.1) is 13.1 Å². The van der Waals surface area contributed by atoms with Gasteiger partial charge in [0.05, 0.1) is 30.9 Å². The maximum absolute atomic E-state index is 6.48. The Morgan fingerprint density at radius 2 is 0.381 bits per heavy atom. The van der Waals surface area contributed by atoms with E-state index in [9.17, 15) is 0 Å². The summed E-state index contributed by atoms with van der Waals surface area (Å²) in [5.41, 5.74) is -0.333. The number of hydrogen-bond acceptors (Lipinski definition) is 0. The van der Waals surface area contributed by atoms with Gasteiger partial charge < -0.3 is 9.69 Å². The van der Waals surface area contributed by atoms with Crippen LogP contribution in [0.5, 0.6) is 0 Å². The summed E-state index contributed by atoms with van der Waals surface area (Å²) in [5, 5.41) is 3.41. The van der Waals surface area contributed by atoms with Gasteiger partial charge in [-0.15, -0.1) is 0 Å². The summed E-state index contributed by atoms with van der Waals surface area (Å²) in [5.74, 6) is 0. The average Bonchev–Trinajstić information content (AvgIpc) is 2.44. The van der Waals surface area contributed by atoms with E-state index in [1.807, 2.05) is 41.5 Å². The van der Waals surface area contributed by atoms with Crippen molar-refractivity contribution in [2.24, 2.45) is 0 Å². The molecule has 0 rings (SSSR count). The van der Waals surface area contributed by atoms with Crippen molar-refractivity contribution in [1.82, 2.24) is 0 Å². The molecule has 0 unspecified atom stereocenters. The minimum Gasteiger partial charge on any atom is 0 e. The van der Waals surface area contributed by atoms with Crippen LogP contribution in [0.1, 0.15) is 166 Å². The van der Waals surface area contributed by atoms with Crippen molar-refractivity contribution in [3.05, 3.63) is 22.8 Å². The van der Waals surface area contributed by atoms with Crippen LogP contribution >= 0.6 is 25.7 Å². The van der Waals surface area contributed by atoms with Gasteiger partial charge in [0.15, 0.2) is 0 Å². The second-order valence-electron chi connectivity index (χ2n) is 19.2. The molecule has 8 heteroatoms. The van der Waals surface area contributed by atoms with Gasteiger partial charge in [-0.2, -0.15) is 0 Å². The van der Waals surface area contributed by atoms with E-state index >= 15 is 0 Å². The Balaban J connectivity index is -0.0000000570. The number of nitrogens with zero attached hydrogens (tertiary/aromatic N) is 2. The monoisotopic (exact) mass is 1190 g/mol. The molecule has 0 spiro atoms. The molecule has 0 N–H and O–H groups in total. The quantitative estimate of drug-likeness (QED) is 0.169. The minimum atomic E-state index is -0.167. The van der Waals surface area contributed by atoms with Gasteiger partial charge in [-0.25, -0.2) is 13.1 Å². The minimum absolute atomic E-state index is 0. The molecule has 0 aromatic rings. The van der Waals surface area contributed by atoms with Gasteiger partial charge in [-0.05, 0) is 150 Å². The molecular weight excluding hydrogens is 1110 g/mol. The van der Waals surface area contributed by atoms with Gasteiger partial charge in [-0.1, -0.05) is 0 Å². The Bertz CT molecular complexity index is 578. The van der Waals surface area contributed by atoms with Crippen molar-refractivity contribution >= 4 is 25.7 Å². The molecule has 0 aromatic heterocycles. The predicted octanol–water partition coefficient (Wildman–Crippen LogP) is 12.1. The molecule has 0 aliphatic rings. The van der Waals surface area contributed by atoms with E-state index in [0.29, 0.717) is 56.7 Å². The van der Waals surface area contributed by atoms with E-state index in [2.05, 4.69) is 134 Å². The van der Waals surface area contributed by atoms with Crippen LogP contribution in [0.15, 0.2) is 0 Å². The molecule has 2 nitrogen and oxygen atoms in total. The Morgan fingerprint density at radius 1 is 0.310 bits per heavy atom. The van der Waals surface area contributed by atoms with Crippen LogP contribution in [0.25, 0.3) is 9.69 Å². The van der Waals surface area contributed by atoms with E-state index in [0.717, 1.165) is 0 Å². The van der Waals surface area contributed by atoms with Crippen LogP contribution in [-0.2, 0) is 63.2 Å². The normalized spacial score (nSPS) is 12.0. The Morgan fingerprint density at radius 3 is 0.381 bits per heavy atom. The smallest absolute Gasteiger partial charge is 0 e. The van der Waals surface area contributed by atoms with Crippen LogP contribution in [-0.4, -0.2) is 42.0 Å². The van der Waals surface area contributed by atoms with Crippen molar-refractivity contribution in [3.8, 4) is 0 Å². The van der Waals surface area contributed by atoms with Crippen LogP contribution in [0.2, 0.25) is 0 Å². The zero-order valence-corrected chi connectivity index (χ0v) is 43.0. The predicted molar refractivity (Wildman–Crippen MR) is 202 cm³/mol. The first-order valence-electron chi connectivity index (χ1n) is 14.6. The van der Waals surface area contributed by atoms with Gasteiger partial charge >= 0.3 is 21.1 Å². The third kappa shape index (κ3) is 104. The molecular formula is C34H79N2P3Pt3+3. The van der Waals surface area contributed by atoms with E-state index in [-0.39, 0.29) is 74.3 Å². The van der Waals surface area contributed by atoms with Crippen LogP contribution in [0.4, 0.5) is 0 Å². The van der Waals surface area contributed by atoms with Crippen molar-refractivity contribution in [1.29, 1.82) is 0 Å². The molecule has 0 saturated heterocycles. The van der Waals surface area contributed by atoms with Crippen LogP contribution in [0.3, 0.4) is 0 Å². The summed E-state index contributed by atoms with van der Waals surface area (Å²) in [4.78, 5) is 6.54. The molecule has 0 bridgehead atoms. The zero-order chi connectivity index (χ0) is 33.5. The standard InChI is InChI=1S/3C8H19P.2C5H9N.3Pt.H/c3*1-7(2,3)9-8(4,5)6;2*1-5(2,3)6-4;;;;/h3*9H,1-6H3;2*1-3H3;;;;/p+3. The molecule has 0 fully saturated rings. The van der Waals surface area contributed by atoms with E-state index in [4.69, 9.17) is 13.1 Å². The van der Waals surface area contributed by atoms with E-state index in [1.165, 1.54) is 0 Å². The molecule has 0 atom stereocenters. The van der Waals surface area contributed by atoms with E-state index in [1.54, 1.807) is 0 Å². The Kier molecular flexibility index (Phi) is 38.1. The van der Waals surface area contributed by atoms with Crippen molar-refractivity contribution in [2.75, 3.05) is 0 Å². The third-order valence-electron chi connectivity index (χ3n) is 3.27. The summed E-state index contributed by atoms with van der Waals surface area (Å²) in [6, 6.07) is 0. The van der Waals surface area contributed by atoms with Crippen molar-refractivity contribution < 1.29 is 63.2 Å². The largest absolute Gasteiger partial charge is 0 e. The molecule has 0 amide bonds. The molecule has 0 aliphatic carbocycles. The maximum atomic E-state index is 6.48. The molecule has 267 valence electrons. The van der Waals surface area contributed by atoms with Gasteiger partial charge in [0.1, 0.15) is 0 Å². The first-order chi connectivity index (χ1) is 16.2. The summed E-state index contributed by atoms with van der Waals surface area (Å²) >= 11 is 0. The summed E-state index contributed by atoms with van der Waals surface area (Å²) < 4.78 is 0. The molecule has 0 aliphatic heterocycles. The molecule has 0 aromatic carbocycles. The zero-order valence-electron chi connectivity index (χ0n) is 32.6. The third-order valence-corrected chi connectivity index (χ3v) is 8.47. The summed E-state index contributed by atoms with van der Waals surface area (Å²) in [7, 11) is 1.71. The SMILES string of the molecule is CC(C)(C)[PH2+]C(C)(C)C.CC(C)(C)[PH2+]C(C)(C)C.CC(C)(C)[PH2+]C(C)(C)C.[C-]#[N+]C(C)(C)C.[C-]#[N+]C(C)(C)C.[PtH].[Pt].[Pt]. The van der Waals surface area contributed by atoms with E-state index < -0.39 is 0 Å². The second-order valence-corrected chi connectivity index (χ2v) is 30.5. The second kappa shape index (κ2) is 25.4. The topological polar surface area (TPSA) is 8.72 Å². The molecule has 0 heterocycles. The molecule has 42 heavy (non-hydrogen) atoms.